The smallest absolute Gasteiger partial charge is 0.255 e. The summed E-state index contributed by atoms with van der Waals surface area (Å²) < 4.78 is 0. The Labute approximate surface area is 337 Å². The van der Waals surface area contributed by atoms with Gasteiger partial charge in [0.2, 0.25) is 17.7 Å². The molecule has 4 aliphatic heterocycles. The van der Waals surface area contributed by atoms with Gasteiger partial charge in [0.1, 0.15) is 6.04 Å². The number of imide groups is 1. The Balaban J connectivity index is 0.810. The molecular weight excluding hydrogens is 733 g/mol. The van der Waals surface area contributed by atoms with E-state index in [4.69, 9.17) is 6.57 Å². The van der Waals surface area contributed by atoms with Crippen molar-refractivity contribution in [3.63, 3.8) is 0 Å². The molecule has 9 rings (SSSR count). The van der Waals surface area contributed by atoms with Crippen LogP contribution < -0.4 is 15.5 Å². The molecule has 0 radical (unpaired) electrons. The highest BCUT2D eigenvalue weighted by Crippen LogP contribution is 2.46. The van der Waals surface area contributed by atoms with E-state index in [1.165, 1.54) is 16.2 Å². The van der Waals surface area contributed by atoms with E-state index < -0.39 is 17.4 Å². The van der Waals surface area contributed by atoms with Crippen LogP contribution in [0.25, 0.3) is 15.7 Å². The summed E-state index contributed by atoms with van der Waals surface area (Å²) >= 11 is 0. The molecule has 0 saturated carbocycles. The van der Waals surface area contributed by atoms with Gasteiger partial charge in [-0.25, -0.2) is 4.85 Å². The van der Waals surface area contributed by atoms with Crippen molar-refractivity contribution in [2.24, 2.45) is 0 Å². The zero-order valence-electron chi connectivity index (χ0n) is 33.2. The Bertz CT molecular complexity index is 2450. The summed E-state index contributed by atoms with van der Waals surface area (Å²) in [6, 6.07) is 15.0. The monoisotopic (exact) mass is 780 g/mol. The number of nitrogens with one attached hydrogen (secondary N) is 3. The highest BCUT2D eigenvalue weighted by atomic mass is 16.2. The largest absolute Gasteiger partial charge is 0.376 e. The van der Waals surface area contributed by atoms with Crippen molar-refractivity contribution >= 4 is 57.4 Å². The number of amides is 4. The first-order valence-electron chi connectivity index (χ1n) is 20.5. The molecule has 13 nitrogen and oxygen atoms in total. The number of carbonyl (C=O) groups excluding carboxylic acids is 5. The van der Waals surface area contributed by atoms with E-state index >= 15 is 0 Å². The third kappa shape index (κ3) is 6.21. The normalized spacial score (nSPS) is 20.8. The molecule has 3 N–H and O–H groups in total. The van der Waals surface area contributed by atoms with Crippen LogP contribution in [0.1, 0.15) is 95.1 Å². The SMILES string of the molecule is [C-]#[N+]c1ccc2c3c([nH]c2c1)C(C)(C)c1cc(N2CCC(N4CCN(C(=O)CNc5cccc6c5CN(C5CCC(=O)NC5=O)C6=O)CC4)CC2)c(CC)cc1C3=O. The molecule has 3 fully saturated rings. The van der Waals surface area contributed by atoms with Crippen LogP contribution in [0.4, 0.5) is 17.1 Å². The number of nitrogens with zero attached hydrogens (tertiary/aromatic N) is 5. The third-order valence-electron chi connectivity index (χ3n) is 13.3. The van der Waals surface area contributed by atoms with Crippen molar-refractivity contribution in [2.45, 2.75) is 76.9 Å². The number of piperidine rings is 2. The van der Waals surface area contributed by atoms with E-state index in [-0.39, 0.29) is 43.0 Å². The van der Waals surface area contributed by atoms with E-state index in [2.05, 4.69) is 63.2 Å². The van der Waals surface area contributed by atoms with Gasteiger partial charge in [-0.1, -0.05) is 39.0 Å². The maximum Gasteiger partial charge on any atom is 0.255 e. The molecule has 4 aromatic rings. The Hall–Kier alpha value is -6.00. The zero-order valence-corrected chi connectivity index (χ0v) is 33.2. The number of aromatic nitrogens is 1. The minimum Gasteiger partial charge on any atom is -0.376 e. The minimum atomic E-state index is -0.690. The maximum absolute atomic E-state index is 14.1. The molecule has 13 heteroatoms. The number of carbonyl (C=O) groups is 5. The van der Waals surface area contributed by atoms with Gasteiger partial charge in [0, 0.05) is 108 Å². The average molecular weight is 781 g/mol. The van der Waals surface area contributed by atoms with Gasteiger partial charge in [-0.2, -0.15) is 0 Å². The molecule has 298 valence electrons. The molecule has 3 saturated heterocycles. The lowest BCUT2D eigenvalue weighted by molar-refractivity contribution is -0.137. The van der Waals surface area contributed by atoms with Crippen molar-refractivity contribution < 1.29 is 24.0 Å². The van der Waals surface area contributed by atoms with Crippen LogP contribution in [0.5, 0.6) is 0 Å². The van der Waals surface area contributed by atoms with Gasteiger partial charge in [-0.15, -0.1) is 0 Å². The van der Waals surface area contributed by atoms with Crippen LogP contribution >= 0.6 is 0 Å². The van der Waals surface area contributed by atoms with Gasteiger partial charge >= 0.3 is 0 Å². The molecule has 5 heterocycles. The zero-order chi connectivity index (χ0) is 40.5. The first-order chi connectivity index (χ1) is 28.0. The number of hydrogen-bond donors (Lipinski definition) is 3. The first-order valence-corrected chi connectivity index (χ1v) is 20.5. The number of benzene rings is 3. The van der Waals surface area contributed by atoms with Gasteiger partial charge in [0.05, 0.1) is 18.7 Å². The molecular formula is C45H48N8O5. The van der Waals surface area contributed by atoms with Gasteiger partial charge < -0.3 is 25.0 Å². The molecule has 1 unspecified atom stereocenters. The van der Waals surface area contributed by atoms with E-state index in [9.17, 15) is 24.0 Å². The molecule has 1 aromatic heterocycles. The van der Waals surface area contributed by atoms with Gasteiger partial charge in [0.15, 0.2) is 11.5 Å². The van der Waals surface area contributed by atoms with Crippen molar-refractivity contribution in [1.29, 1.82) is 0 Å². The Kier molecular flexibility index (Phi) is 9.35. The predicted molar refractivity (Wildman–Crippen MR) is 220 cm³/mol. The van der Waals surface area contributed by atoms with Crippen molar-refractivity contribution in [2.75, 3.05) is 56.0 Å². The summed E-state index contributed by atoms with van der Waals surface area (Å²) in [7, 11) is 0. The topological polar surface area (TPSA) is 143 Å². The molecule has 1 atom stereocenters. The first kappa shape index (κ1) is 37.6. The summed E-state index contributed by atoms with van der Waals surface area (Å²) in [5.74, 6) is -0.957. The molecule has 1 aliphatic carbocycles. The number of rotatable bonds is 7. The minimum absolute atomic E-state index is 0.00650. The number of H-pyrrole nitrogens is 1. The maximum atomic E-state index is 14.1. The lowest BCUT2D eigenvalue weighted by atomic mass is 9.70. The highest BCUT2D eigenvalue weighted by molar-refractivity contribution is 6.20. The summed E-state index contributed by atoms with van der Waals surface area (Å²) in [5, 5.41) is 6.49. The van der Waals surface area contributed by atoms with Gasteiger partial charge in [-0.05, 0) is 67.1 Å². The lowest BCUT2D eigenvalue weighted by Gasteiger charge is -2.44. The van der Waals surface area contributed by atoms with Crippen LogP contribution in [-0.2, 0) is 32.8 Å². The fourth-order valence-electron chi connectivity index (χ4n) is 9.99. The van der Waals surface area contributed by atoms with Crippen molar-refractivity contribution in [3.05, 3.63) is 99.0 Å². The Morgan fingerprint density at radius 2 is 1.72 bits per heavy atom. The predicted octanol–water partition coefficient (Wildman–Crippen LogP) is 5.14. The quantitative estimate of drug-likeness (QED) is 0.173. The number of hydrogen-bond acceptors (Lipinski definition) is 8. The molecule has 0 spiro atoms. The fourth-order valence-corrected chi connectivity index (χ4v) is 9.99. The molecule has 3 aromatic carbocycles. The number of aryl methyl sites for hydroxylation is 1. The number of ketones is 1. The number of anilines is 2. The second kappa shape index (κ2) is 14.4. The molecule has 58 heavy (non-hydrogen) atoms. The van der Waals surface area contributed by atoms with Crippen LogP contribution in [0.2, 0.25) is 0 Å². The Morgan fingerprint density at radius 1 is 0.948 bits per heavy atom. The Morgan fingerprint density at radius 3 is 2.45 bits per heavy atom. The summed E-state index contributed by atoms with van der Waals surface area (Å²) in [4.78, 5) is 80.5. The van der Waals surface area contributed by atoms with E-state index in [1.54, 1.807) is 18.2 Å². The standard InChI is InChI=1S/C45H48N8O5/c1-5-26-21-31-33(45(2,3)42-40(41(31)56)30-10-9-27(46-4)22-35(30)48-42)23-37(26)51-15-13-28(14-16-51)50-17-19-52(20-18-50)39(55)24-47-34-8-6-7-29-32(34)25-53(44(29)58)36-11-12-38(54)49-43(36)57/h6-10,21-23,28,36,47-48H,5,11-20,24-25H2,1-3H3,(H,49,54,57). The van der Waals surface area contributed by atoms with Crippen LogP contribution in [0, 0.1) is 6.57 Å². The van der Waals surface area contributed by atoms with E-state index in [0.29, 0.717) is 42.5 Å². The van der Waals surface area contributed by atoms with Crippen LogP contribution in [0.15, 0.2) is 48.5 Å². The van der Waals surface area contributed by atoms with E-state index in [1.807, 2.05) is 23.1 Å². The summed E-state index contributed by atoms with van der Waals surface area (Å²) in [6.07, 6.45) is 3.35. The lowest BCUT2D eigenvalue weighted by Crippen LogP contribution is -2.55. The van der Waals surface area contributed by atoms with Crippen molar-refractivity contribution in [1.82, 2.24) is 25.0 Å². The summed E-state index contributed by atoms with van der Waals surface area (Å²) in [6.45, 7) is 19.1. The molecule has 0 bridgehead atoms. The summed E-state index contributed by atoms with van der Waals surface area (Å²) in [5.41, 5.74) is 8.73. The second-order valence-electron chi connectivity index (χ2n) is 16.8. The average Bonchev–Trinajstić information content (AvgIpc) is 3.80. The van der Waals surface area contributed by atoms with Gasteiger partial charge in [-0.3, -0.25) is 34.2 Å². The number of piperazine rings is 1. The third-order valence-corrected chi connectivity index (χ3v) is 13.3. The highest BCUT2D eigenvalue weighted by Gasteiger charge is 2.42. The van der Waals surface area contributed by atoms with Gasteiger partial charge in [0.25, 0.3) is 5.91 Å². The van der Waals surface area contributed by atoms with Crippen LogP contribution in [0.3, 0.4) is 0 Å². The molecule has 5 aliphatic rings. The number of aromatic amines is 1. The fraction of sp³-hybridized carbons (Fsp3) is 0.422. The van der Waals surface area contributed by atoms with Crippen molar-refractivity contribution in [3.8, 4) is 0 Å². The van der Waals surface area contributed by atoms with Crippen LogP contribution in [-0.4, -0.2) is 107 Å². The van der Waals surface area contributed by atoms with E-state index in [0.717, 1.165) is 84.3 Å². The number of fused-ring (bicyclic) bond motifs is 5. The second-order valence-corrected chi connectivity index (χ2v) is 16.8. The molecule has 4 amide bonds.